The van der Waals surface area contributed by atoms with Crippen LogP contribution in [0, 0.1) is 11.3 Å². The Balaban J connectivity index is 1.82. The Labute approximate surface area is 144 Å². The van der Waals surface area contributed by atoms with E-state index in [2.05, 4.69) is 10.4 Å². The van der Waals surface area contributed by atoms with Crippen LogP contribution in [-0.4, -0.2) is 15.7 Å². The number of nitrogens with one attached hydrogen (secondary N) is 1. The molecular formula is C18H13ClN4O. The molecule has 0 saturated heterocycles. The Morgan fingerprint density at radius 1 is 1.17 bits per heavy atom. The van der Waals surface area contributed by atoms with E-state index in [1.807, 2.05) is 30.3 Å². The standard InChI is InChI=1S/C18H13ClN4O/c19-16-9-5-4-8-14(16)11-23-12-15(10-20)17(22-23)21-18(24)13-6-2-1-3-7-13/h1-9,12H,11H2,(H,21,22,24). The van der Waals surface area contributed by atoms with E-state index in [0.717, 1.165) is 5.56 Å². The number of rotatable bonds is 4. The Kier molecular flexibility index (Phi) is 4.59. The fourth-order valence-electron chi connectivity index (χ4n) is 2.25. The Morgan fingerprint density at radius 3 is 2.58 bits per heavy atom. The van der Waals surface area contributed by atoms with Crippen LogP contribution < -0.4 is 5.32 Å². The van der Waals surface area contributed by atoms with Crippen LogP contribution in [0.15, 0.2) is 60.8 Å². The van der Waals surface area contributed by atoms with Gasteiger partial charge >= 0.3 is 0 Å². The zero-order valence-corrected chi connectivity index (χ0v) is 13.4. The quantitative estimate of drug-likeness (QED) is 0.789. The molecule has 2 aromatic carbocycles. The smallest absolute Gasteiger partial charge is 0.256 e. The summed E-state index contributed by atoms with van der Waals surface area (Å²) < 4.78 is 1.58. The number of anilines is 1. The van der Waals surface area contributed by atoms with Crippen LogP contribution in [0.3, 0.4) is 0 Å². The minimum absolute atomic E-state index is 0.235. The van der Waals surface area contributed by atoms with Gasteiger partial charge in [-0.15, -0.1) is 0 Å². The number of hydrogen-bond donors (Lipinski definition) is 1. The minimum atomic E-state index is -0.310. The van der Waals surface area contributed by atoms with Gasteiger partial charge in [0.15, 0.2) is 5.82 Å². The van der Waals surface area contributed by atoms with E-state index < -0.39 is 0 Å². The van der Waals surface area contributed by atoms with E-state index in [9.17, 15) is 10.1 Å². The third-order valence-corrected chi connectivity index (χ3v) is 3.81. The van der Waals surface area contributed by atoms with Crippen molar-refractivity contribution in [1.29, 1.82) is 5.26 Å². The van der Waals surface area contributed by atoms with Gasteiger partial charge in [-0.2, -0.15) is 10.4 Å². The predicted octanol–water partition coefficient (Wildman–Crippen LogP) is 3.71. The first-order chi connectivity index (χ1) is 11.7. The summed E-state index contributed by atoms with van der Waals surface area (Å²) in [4.78, 5) is 12.2. The predicted molar refractivity (Wildman–Crippen MR) is 91.9 cm³/mol. The largest absolute Gasteiger partial charge is 0.304 e. The van der Waals surface area contributed by atoms with Gasteiger partial charge in [-0.25, -0.2) is 0 Å². The molecule has 0 aliphatic heterocycles. The van der Waals surface area contributed by atoms with Crippen LogP contribution in [-0.2, 0) is 6.54 Å². The van der Waals surface area contributed by atoms with Crippen molar-refractivity contribution < 1.29 is 4.79 Å². The van der Waals surface area contributed by atoms with Crippen LogP contribution in [0.5, 0.6) is 0 Å². The Morgan fingerprint density at radius 2 is 1.88 bits per heavy atom. The second-order valence-corrected chi connectivity index (χ2v) is 5.52. The molecule has 0 unspecified atom stereocenters. The summed E-state index contributed by atoms with van der Waals surface area (Å²) >= 11 is 6.14. The number of amides is 1. The highest BCUT2D eigenvalue weighted by atomic mass is 35.5. The number of carbonyl (C=O) groups excluding carboxylic acids is 1. The first kappa shape index (κ1) is 15.8. The lowest BCUT2D eigenvalue weighted by molar-refractivity contribution is 0.102. The van der Waals surface area contributed by atoms with Gasteiger partial charge in [-0.05, 0) is 23.8 Å². The maximum Gasteiger partial charge on any atom is 0.256 e. The van der Waals surface area contributed by atoms with Crippen molar-refractivity contribution >= 4 is 23.3 Å². The van der Waals surface area contributed by atoms with Gasteiger partial charge in [0.1, 0.15) is 11.6 Å². The normalized spacial score (nSPS) is 10.2. The van der Waals surface area contributed by atoms with E-state index in [4.69, 9.17) is 11.6 Å². The highest BCUT2D eigenvalue weighted by molar-refractivity contribution is 6.31. The molecule has 0 aliphatic carbocycles. The molecule has 24 heavy (non-hydrogen) atoms. The molecule has 6 heteroatoms. The van der Waals surface area contributed by atoms with Gasteiger partial charge in [-0.1, -0.05) is 48.0 Å². The highest BCUT2D eigenvalue weighted by Gasteiger charge is 2.13. The van der Waals surface area contributed by atoms with Crippen molar-refractivity contribution in [3.63, 3.8) is 0 Å². The van der Waals surface area contributed by atoms with E-state index in [-0.39, 0.29) is 11.7 Å². The van der Waals surface area contributed by atoms with Crippen molar-refractivity contribution in [3.05, 3.63) is 82.5 Å². The second kappa shape index (κ2) is 6.99. The molecule has 3 aromatic rings. The molecule has 0 atom stereocenters. The molecule has 1 heterocycles. The lowest BCUT2D eigenvalue weighted by atomic mass is 10.2. The van der Waals surface area contributed by atoms with Crippen molar-refractivity contribution in [2.75, 3.05) is 5.32 Å². The summed E-state index contributed by atoms with van der Waals surface area (Å²) in [6.07, 6.45) is 1.59. The van der Waals surface area contributed by atoms with Gasteiger partial charge in [0.2, 0.25) is 0 Å². The topological polar surface area (TPSA) is 70.7 Å². The van der Waals surface area contributed by atoms with Crippen LogP contribution in [0.1, 0.15) is 21.5 Å². The third-order valence-electron chi connectivity index (χ3n) is 3.44. The zero-order valence-electron chi connectivity index (χ0n) is 12.6. The average Bonchev–Trinajstić information content (AvgIpc) is 2.99. The van der Waals surface area contributed by atoms with Crippen LogP contribution in [0.4, 0.5) is 5.82 Å². The lowest BCUT2D eigenvalue weighted by Crippen LogP contribution is -2.13. The molecule has 1 aromatic heterocycles. The summed E-state index contributed by atoms with van der Waals surface area (Å²) in [6.45, 7) is 0.412. The SMILES string of the molecule is N#Cc1cn(Cc2ccccc2Cl)nc1NC(=O)c1ccccc1. The zero-order chi connectivity index (χ0) is 16.9. The van der Waals surface area contributed by atoms with Crippen molar-refractivity contribution in [3.8, 4) is 6.07 Å². The number of nitriles is 1. The average molecular weight is 337 g/mol. The molecule has 3 rings (SSSR count). The molecule has 1 amide bonds. The van der Waals surface area contributed by atoms with Crippen LogP contribution in [0.25, 0.3) is 0 Å². The maximum atomic E-state index is 12.2. The number of benzene rings is 2. The fourth-order valence-corrected chi connectivity index (χ4v) is 2.44. The number of aromatic nitrogens is 2. The molecule has 0 bridgehead atoms. The van der Waals surface area contributed by atoms with Gasteiger partial charge < -0.3 is 5.32 Å². The summed E-state index contributed by atoms with van der Waals surface area (Å²) in [5.41, 5.74) is 1.68. The molecule has 0 aliphatic rings. The van der Waals surface area contributed by atoms with Crippen molar-refractivity contribution in [2.45, 2.75) is 6.54 Å². The molecule has 118 valence electrons. The van der Waals surface area contributed by atoms with E-state index >= 15 is 0 Å². The third kappa shape index (κ3) is 3.45. The van der Waals surface area contributed by atoms with E-state index in [1.165, 1.54) is 0 Å². The minimum Gasteiger partial charge on any atom is -0.304 e. The van der Waals surface area contributed by atoms with Gasteiger partial charge in [0.05, 0.1) is 6.54 Å². The van der Waals surface area contributed by atoms with Crippen molar-refractivity contribution in [2.24, 2.45) is 0 Å². The van der Waals surface area contributed by atoms with E-state index in [0.29, 0.717) is 22.7 Å². The second-order valence-electron chi connectivity index (χ2n) is 5.11. The Bertz CT molecular complexity index is 912. The van der Waals surface area contributed by atoms with Gasteiger partial charge in [-0.3, -0.25) is 9.48 Å². The lowest BCUT2D eigenvalue weighted by Gasteiger charge is -2.04. The summed E-state index contributed by atoms with van der Waals surface area (Å²) in [7, 11) is 0. The number of carbonyl (C=O) groups is 1. The molecule has 0 saturated carbocycles. The van der Waals surface area contributed by atoms with Gasteiger partial charge in [0, 0.05) is 16.8 Å². The molecule has 1 N–H and O–H groups in total. The number of nitrogens with zero attached hydrogens (tertiary/aromatic N) is 3. The summed E-state index contributed by atoms with van der Waals surface area (Å²) in [6, 6.07) is 18.2. The summed E-state index contributed by atoms with van der Waals surface area (Å²) in [5, 5.41) is 16.8. The molecule has 5 nitrogen and oxygen atoms in total. The maximum absolute atomic E-state index is 12.2. The fraction of sp³-hybridized carbons (Fsp3) is 0.0556. The highest BCUT2D eigenvalue weighted by Crippen LogP contribution is 2.18. The molecule has 0 radical (unpaired) electrons. The van der Waals surface area contributed by atoms with E-state index in [1.54, 1.807) is 41.2 Å². The monoisotopic (exact) mass is 336 g/mol. The van der Waals surface area contributed by atoms with Gasteiger partial charge in [0.25, 0.3) is 5.91 Å². The first-order valence-corrected chi connectivity index (χ1v) is 7.62. The van der Waals surface area contributed by atoms with Crippen LogP contribution in [0.2, 0.25) is 5.02 Å². The van der Waals surface area contributed by atoms with Crippen molar-refractivity contribution in [1.82, 2.24) is 9.78 Å². The number of hydrogen-bond acceptors (Lipinski definition) is 3. The Hall–Kier alpha value is -3.10. The molecule has 0 spiro atoms. The number of halogens is 1. The summed E-state index contributed by atoms with van der Waals surface area (Å²) in [5.74, 6) is -0.0755. The first-order valence-electron chi connectivity index (χ1n) is 7.25. The molecule has 0 fully saturated rings. The molecular weight excluding hydrogens is 324 g/mol. The van der Waals surface area contributed by atoms with Crippen LogP contribution >= 0.6 is 11.6 Å².